The number of fused-ring (bicyclic) bond motifs is 3. The number of rotatable bonds is 4. The van der Waals surface area contributed by atoms with Crippen LogP contribution < -0.4 is 0 Å². The molecule has 0 aliphatic heterocycles. The van der Waals surface area contributed by atoms with E-state index in [0.717, 1.165) is 62.3 Å². The highest BCUT2D eigenvalue weighted by Crippen LogP contribution is 2.35. The summed E-state index contributed by atoms with van der Waals surface area (Å²) in [4.78, 5) is 9.63. The van der Waals surface area contributed by atoms with Gasteiger partial charge in [-0.1, -0.05) is 25.7 Å². The van der Waals surface area contributed by atoms with Crippen LogP contribution in [-0.2, 0) is 6.42 Å². The molecule has 0 spiro atoms. The van der Waals surface area contributed by atoms with Gasteiger partial charge in [0.25, 0.3) is 0 Å². The van der Waals surface area contributed by atoms with Gasteiger partial charge in [0, 0.05) is 28.1 Å². The summed E-state index contributed by atoms with van der Waals surface area (Å²) in [5.74, 6) is 0.589. The Bertz CT molecular complexity index is 1550. The first-order valence-corrected chi connectivity index (χ1v) is 12.5. The van der Waals surface area contributed by atoms with Gasteiger partial charge in [0.05, 0.1) is 11.4 Å². The number of halogens is 1. The third-order valence-electron chi connectivity index (χ3n) is 7.59. The van der Waals surface area contributed by atoms with Gasteiger partial charge in [0.2, 0.25) is 5.71 Å². The summed E-state index contributed by atoms with van der Waals surface area (Å²) < 4.78 is 19.9. The number of furan rings is 1. The Kier molecular flexibility index (Phi) is 5.40. The molecule has 35 heavy (non-hydrogen) atoms. The number of nitrogens with zero attached hydrogens (tertiary/aromatic N) is 2. The quantitative estimate of drug-likeness (QED) is 0.268. The summed E-state index contributed by atoms with van der Waals surface area (Å²) in [6.07, 6.45) is 8.65. The van der Waals surface area contributed by atoms with Gasteiger partial charge in [0.15, 0.2) is 0 Å². The number of aryl methyl sites for hydroxylation is 3. The van der Waals surface area contributed by atoms with Crippen LogP contribution in [0.15, 0.2) is 59.1 Å². The fourth-order valence-electron chi connectivity index (χ4n) is 5.75. The average molecular weight is 465 g/mol. The molecule has 3 heterocycles. The van der Waals surface area contributed by atoms with Gasteiger partial charge in [-0.3, -0.25) is 4.98 Å². The summed E-state index contributed by atoms with van der Waals surface area (Å²) in [6.45, 7) is 6.03. The Morgan fingerprint density at radius 2 is 1.63 bits per heavy atom. The lowest BCUT2D eigenvalue weighted by Gasteiger charge is -2.12. The predicted octanol–water partition coefficient (Wildman–Crippen LogP) is 8.51. The van der Waals surface area contributed by atoms with Gasteiger partial charge in [-0.2, -0.15) is 0 Å². The van der Waals surface area contributed by atoms with E-state index in [1.165, 1.54) is 36.8 Å². The van der Waals surface area contributed by atoms with E-state index in [1.54, 1.807) is 12.1 Å². The van der Waals surface area contributed by atoms with E-state index in [-0.39, 0.29) is 5.82 Å². The molecule has 0 amide bonds. The minimum atomic E-state index is -0.225. The molecular weight excluding hydrogens is 435 g/mol. The van der Waals surface area contributed by atoms with Gasteiger partial charge < -0.3 is 4.42 Å². The van der Waals surface area contributed by atoms with Crippen molar-refractivity contribution >= 4 is 22.1 Å². The lowest BCUT2D eigenvalue weighted by atomic mass is 9.95. The molecule has 1 fully saturated rings. The third-order valence-corrected chi connectivity index (χ3v) is 7.59. The molecule has 3 nitrogen and oxygen atoms in total. The fourth-order valence-corrected chi connectivity index (χ4v) is 5.75. The Balaban J connectivity index is 1.37. The first-order chi connectivity index (χ1) is 17.0. The van der Waals surface area contributed by atoms with E-state index in [9.17, 15) is 4.39 Å². The third kappa shape index (κ3) is 4.01. The molecule has 0 unspecified atom stereocenters. The molecule has 0 atom stereocenters. The van der Waals surface area contributed by atoms with E-state index in [2.05, 4.69) is 37.4 Å². The molecule has 1 aliphatic carbocycles. The first kappa shape index (κ1) is 22.0. The topological polar surface area (TPSA) is 38.9 Å². The number of hydrogen-bond donors (Lipinski definition) is 0. The van der Waals surface area contributed by atoms with Crippen LogP contribution >= 0.6 is 0 Å². The largest absolute Gasteiger partial charge is 0.438 e. The van der Waals surface area contributed by atoms with Crippen molar-refractivity contribution in [1.29, 1.82) is 0 Å². The first-order valence-electron chi connectivity index (χ1n) is 12.5. The summed E-state index contributed by atoms with van der Waals surface area (Å²) >= 11 is 0. The molecule has 0 radical (unpaired) electrons. The van der Waals surface area contributed by atoms with Crippen molar-refractivity contribution in [1.82, 2.24) is 9.97 Å². The monoisotopic (exact) mass is 464 g/mol. The second-order valence-electron chi connectivity index (χ2n) is 10.1. The van der Waals surface area contributed by atoms with Crippen molar-refractivity contribution in [3.63, 3.8) is 0 Å². The van der Waals surface area contributed by atoms with Crippen molar-refractivity contribution in [2.75, 3.05) is 0 Å². The molecule has 0 saturated heterocycles. The lowest BCUT2D eigenvalue weighted by Crippen LogP contribution is -2.02. The zero-order valence-corrected chi connectivity index (χ0v) is 20.5. The number of hydrogen-bond acceptors (Lipinski definition) is 3. The molecule has 6 rings (SSSR count). The highest BCUT2D eigenvalue weighted by Gasteiger charge is 2.18. The van der Waals surface area contributed by atoms with Crippen LogP contribution in [0.3, 0.4) is 0 Å². The maximum absolute atomic E-state index is 13.8. The van der Waals surface area contributed by atoms with Crippen LogP contribution in [0, 0.1) is 32.5 Å². The predicted molar refractivity (Wildman–Crippen MR) is 140 cm³/mol. The lowest BCUT2D eigenvalue weighted by molar-refractivity contribution is 0.544. The van der Waals surface area contributed by atoms with Crippen LogP contribution in [0.25, 0.3) is 44.6 Å². The van der Waals surface area contributed by atoms with Crippen molar-refractivity contribution in [3.05, 3.63) is 82.8 Å². The molecule has 4 heteroatoms. The van der Waals surface area contributed by atoms with Crippen LogP contribution in [0.2, 0.25) is 0 Å². The molecule has 0 N–H and O–H groups in total. The SMILES string of the molecule is Cc1cc(-c2ccc3oc4nc(-c5c(C)cc(F)cc5C)ccc4c3c2)ncc1CC1CCCC1. The van der Waals surface area contributed by atoms with Gasteiger partial charge >= 0.3 is 0 Å². The zero-order chi connectivity index (χ0) is 24.1. The van der Waals surface area contributed by atoms with Crippen LogP contribution in [0.5, 0.6) is 0 Å². The maximum atomic E-state index is 13.8. The van der Waals surface area contributed by atoms with Crippen LogP contribution in [0.4, 0.5) is 4.39 Å². The van der Waals surface area contributed by atoms with E-state index < -0.39 is 0 Å². The molecular formula is C31H29FN2O. The normalized spacial score (nSPS) is 14.4. The molecule has 5 aromatic rings. The molecule has 1 saturated carbocycles. The Morgan fingerprint density at radius 1 is 0.857 bits per heavy atom. The highest BCUT2D eigenvalue weighted by molar-refractivity contribution is 6.05. The van der Waals surface area contributed by atoms with E-state index in [0.29, 0.717) is 5.71 Å². The smallest absolute Gasteiger partial charge is 0.227 e. The van der Waals surface area contributed by atoms with Gasteiger partial charge in [0.1, 0.15) is 11.4 Å². The Hall–Kier alpha value is -3.53. The van der Waals surface area contributed by atoms with Crippen molar-refractivity contribution in [2.45, 2.75) is 52.9 Å². The summed E-state index contributed by atoms with van der Waals surface area (Å²) in [5.41, 5.74) is 9.62. The van der Waals surface area contributed by atoms with E-state index >= 15 is 0 Å². The van der Waals surface area contributed by atoms with E-state index in [1.807, 2.05) is 26.0 Å². The number of pyridine rings is 2. The van der Waals surface area contributed by atoms with Crippen LogP contribution in [-0.4, -0.2) is 9.97 Å². The standard InChI is InChI=1S/C31H29FN2O/c1-18-14-28(33-17-23(18)15-21-6-4-5-7-21)22-8-11-29-26(16-22)25-9-10-27(34-31(25)35-29)30-19(2)12-24(32)13-20(30)3/h8-14,16-17,21H,4-7,15H2,1-3H3. The second kappa shape index (κ2) is 8.60. The molecule has 1 aliphatic rings. The summed E-state index contributed by atoms with van der Waals surface area (Å²) in [7, 11) is 0. The van der Waals surface area contributed by atoms with E-state index in [4.69, 9.17) is 14.4 Å². The van der Waals surface area contributed by atoms with Crippen molar-refractivity contribution in [2.24, 2.45) is 5.92 Å². The summed E-state index contributed by atoms with van der Waals surface area (Å²) in [6, 6.07) is 15.6. The second-order valence-corrected chi connectivity index (χ2v) is 10.1. The number of benzene rings is 2. The van der Waals surface area contributed by atoms with Crippen molar-refractivity contribution < 1.29 is 8.81 Å². The Labute approximate surface area is 205 Å². The molecule has 0 bridgehead atoms. The Morgan fingerprint density at radius 3 is 2.37 bits per heavy atom. The molecule has 2 aromatic carbocycles. The van der Waals surface area contributed by atoms with Gasteiger partial charge in [-0.15, -0.1) is 0 Å². The van der Waals surface area contributed by atoms with Gasteiger partial charge in [-0.25, -0.2) is 9.37 Å². The van der Waals surface area contributed by atoms with Gasteiger partial charge in [-0.05, 0) is 104 Å². The molecule has 3 aromatic heterocycles. The summed E-state index contributed by atoms with van der Waals surface area (Å²) in [5, 5.41) is 2.00. The number of aromatic nitrogens is 2. The average Bonchev–Trinajstić information content (AvgIpc) is 3.46. The highest BCUT2D eigenvalue weighted by atomic mass is 19.1. The maximum Gasteiger partial charge on any atom is 0.227 e. The van der Waals surface area contributed by atoms with Crippen molar-refractivity contribution in [3.8, 4) is 22.5 Å². The fraction of sp³-hybridized carbons (Fsp3) is 0.290. The van der Waals surface area contributed by atoms with Crippen LogP contribution in [0.1, 0.15) is 47.9 Å². The zero-order valence-electron chi connectivity index (χ0n) is 20.5. The minimum absolute atomic E-state index is 0.225. The molecule has 176 valence electrons. The minimum Gasteiger partial charge on any atom is -0.438 e.